The van der Waals surface area contributed by atoms with Gasteiger partial charge in [0, 0.05) is 34.2 Å². The summed E-state index contributed by atoms with van der Waals surface area (Å²) in [5.74, 6) is 0.803. The molecule has 4 aromatic carbocycles. The van der Waals surface area contributed by atoms with Crippen molar-refractivity contribution in [3.63, 3.8) is 0 Å². The number of halogens is 1. The Kier molecular flexibility index (Phi) is 4.66. The molecule has 2 aliphatic heterocycles. The number of rotatable bonds is 3. The number of ether oxygens (including phenoxy) is 1. The first kappa shape index (κ1) is 19.9. The van der Waals surface area contributed by atoms with E-state index in [-0.39, 0.29) is 11.7 Å². The first-order valence-electron chi connectivity index (χ1n) is 10.6. The molecule has 0 radical (unpaired) electrons. The van der Waals surface area contributed by atoms with Gasteiger partial charge in [-0.25, -0.2) is 5.01 Å². The maximum absolute atomic E-state index is 11.1. The third-order valence-corrected chi connectivity index (χ3v) is 6.72. The van der Waals surface area contributed by atoms with Gasteiger partial charge in [0.05, 0.1) is 16.7 Å². The van der Waals surface area contributed by atoms with Gasteiger partial charge in [-0.1, -0.05) is 52.3 Å². The van der Waals surface area contributed by atoms with E-state index < -0.39 is 11.2 Å². The number of non-ortho nitro benzene ring substituents is 1. The normalized spacial score (nSPS) is 18.9. The molecule has 0 amide bonds. The molecule has 2 heterocycles. The molecule has 0 N–H and O–H groups in total. The largest absolute Gasteiger partial charge is 0.464 e. The van der Waals surface area contributed by atoms with Crippen molar-refractivity contribution < 1.29 is 9.66 Å². The van der Waals surface area contributed by atoms with Crippen molar-refractivity contribution in [1.29, 1.82) is 0 Å². The van der Waals surface area contributed by atoms with Crippen LogP contribution in [0.15, 0.2) is 94.5 Å². The number of nitro groups is 1. The van der Waals surface area contributed by atoms with Crippen molar-refractivity contribution in [3.05, 3.63) is 116 Å². The highest BCUT2D eigenvalue weighted by Gasteiger charge is 2.41. The van der Waals surface area contributed by atoms with E-state index in [4.69, 9.17) is 9.84 Å². The van der Waals surface area contributed by atoms with Crippen LogP contribution >= 0.6 is 15.9 Å². The van der Waals surface area contributed by atoms with Gasteiger partial charge in [-0.05, 0) is 52.7 Å². The molecule has 2 atom stereocenters. The van der Waals surface area contributed by atoms with Gasteiger partial charge in [0.15, 0.2) is 0 Å². The summed E-state index contributed by atoms with van der Waals surface area (Å²) in [4.78, 5) is 10.7. The van der Waals surface area contributed by atoms with Crippen molar-refractivity contribution in [2.24, 2.45) is 5.10 Å². The van der Waals surface area contributed by atoms with Crippen LogP contribution in [0, 0.1) is 10.1 Å². The maximum atomic E-state index is 11.1. The molecule has 0 spiro atoms. The third kappa shape index (κ3) is 3.45. The summed E-state index contributed by atoms with van der Waals surface area (Å²) >= 11 is 3.58. The minimum absolute atomic E-state index is 0.00733. The highest BCUT2D eigenvalue weighted by Crippen LogP contribution is 2.48. The van der Waals surface area contributed by atoms with E-state index in [2.05, 4.69) is 52.3 Å². The lowest BCUT2D eigenvalue weighted by molar-refractivity contribution is -0.384. The summed E-state index contributed by atoms with van der Waals surface area (Å²) in [6.45, 7) is 0. The molecule has 6 nitrogen and oxygen atoms in total. The Morgan fingerprint density at radius 1 is 0.970 bits per heavy atom. The Morgan fingerprint density at radius 3 is 2.55 bits per heavy atom. The number of hydrogen-bond donors (Lipinski definition) is 0. The zero-order chi connectivity index (χ0) is 22.5. The van der Waals surface area contributed by atoms with Crippen LogP contribution in [-0.4, -0.2) is 15.6 Å². The van der Waals surface area contributed by atoms with Gasteiger partial charge >= 0.3 is 0 Å². The zero-order valence-corrected chi connectivity index (χ0v) is 19.0. The molecule has 2 aliphatic rings. The lowest BCUT2D eigenvalue weighted by Crippen LogP contribution is -2.33. The summed E-state index contributed by atoms with van der Waals surface area (Å²) < 4.78 is 7.35. The molecule has 4 aromatic rings. The van der Waals surface area contributed by atoms with Gasteiger partial charge in [0.1, 0.15) is 5.75 Å². The molecule has 0 unspecified atom stereocenters. The van der Waals surface area contributed by atoms with Crippen LogP contribution in [0.25, 0.3) is 10.8 Å². The molecule has 0 saturated heterocycles. The summed E-state index contributed by atoms with van der Waals surface area (Å²) in [6, 6.07) is 27.2. The molecule has 7 heteroatoms. The van der Waals surface area contributed by atoms with Crippen LogP contribution < -0.4 is 4.74 Å². The second kappa shape index (κ2) is 7.71. The first-order chi connectivity index (χ1) is 16.1. The zero-order valence-electron chi connectivity index (χ0n) is 17.4. The standard InChI is InChI=1S/C26H18BrN3O3/c27-20-9-12-25-22(14-20)24-15-23(19-6-5-16-3-1-2-4-18(16)13-19)28-29(24)26(33-25)17-7-10-21(11-8-17)30(31)32/h1-14,24,26H,15H2/t24-,26-/m0/s1. The Labute approximate surface area is 198 Å². The number of nitrogens with zero attached hydrogens (tertiary/aromatic N) is 3. The average Bonchev–Trinajstić information content (AvgIpc) is 3.29. The Balaban J connectivity index is 1.43. The van der Waals surface area contributed by atoms with Crippen LogP contribution in [0.5, 0.6) is 5.75 Å². The van der Waals surface area contributed by atoms with Crippen LogP contribution in [0.4, 0.5) is 5.69 Å². The van der Waals surface area contributed by atoms with Crippen LogP contribution in [0.3, 0.4) is 0 Å². The van der Waals surface area contributed by atoms with Crippen molar-refractivity contribution in [1.82, 2.24) is 5.01 Å². The lowest BCUT2D eigenvalue weighted by Gasteiger charge is -2.38. The molecule has 0 aliphatic carbocycles. The van der Waals surface area contributed by atoms with Gasteiger partial charge in [0.25, 0.3) is 5.69 Å². The lowest BCUT2D eigenvalue weighted by atomic mass is 9.95. The van der Waals surface area contributed by atoms with Gasteiger partial charge < -0.3 is 4.74 Å². The number of benzene rings is 4. The predicted molar refractivity (Wildman–Crippen MR) is 130 cm³/mol. The van der Waals surface area contributed by atoms with Gasteiger partial charge in [0.2, 0.25) is 6.23 Å². The number of nitro benzene ring substituents is 1. The fourth-order valence-corrected chi connectivity index (χ4v) is 4.96. The van der Waals surface area contributed by atoms with Crippen LogP contribution in [0.2, 0.25) is 0 Å². The van der Waals surface area contributed by atoms with E-state index in [1.165, 1.54) is 22.9 Å². The van der Waals surface area contributed by atoms with Crippen LogP contribution in [0.1, 0.15) is 35.4 Å². The quantitative estimate of drug-likeness (QED) is 0.231. The number of hydrazone groups is 1. The van der Waals surface area contributed by atoms with Crippen molar-refractivity contribution >= 4 is 38.1 Å². The molecule has 0 bridgehead atoms. The van der Waals surface area contributed by atoms with Crippen molar-refractivity contribution in [3.8, 4) is 5.75 Å². The second-order valence-corrected chi connectivity index (χ2v) is 9.13. The predicted octanol–water partition coefficient (Wildman–Crippen LogP) is 6.75. The molecule has 0 aromatic heterocycles. The first-order valence-corrected chi connectivity index (χ1v) is 11.4. The minimum atomic E-state index is -0.470. The highest BCUT2D eigenvalue weighted by atomic mass is 79.9. The summed E-state index contributed by atoms with van der Waals surface area (Å²) in [6.07, 6.45) is 0.275. The summed E-state index contributed by atoms with van der Waals surface area (Å²) in [7, 11) is 0. The summed E-state index contributed by atoms with van der Waals surface area (Å²) in [5, 5.41) is 20.5. The van der Waals surface area contributed by atoms with Gasteiger partial charge in [-0.2, -0.15) is 5.10 Å². The van der Waals surface area contributed by atoms with Gasteiger partial charge in [-0.15, -0.1) is 0 Å². The topological polar surface area (TPSA) is 68.0 Å². The van der Waals surface area contributed by atoms with E-state index in [9.17, 15) is 10.1 Å². The molecule has 6 rings (SSSR count). The fourth-order valence-electron chi connectivity index (χ4n) is 4.58. The maximum Gasteiger partial charge on any atom is 0.269 e. The van der Waals surface area contributed by atoms with E-state index in [0.29, 0.717) is 0 Å². The monoisotopic (exact) mass is 499 g/mol. The smallest absolute Gasteiger partial charge is 0.269 e. The third-order valence-electron chi connectivity index (χ3n) is 6.22. The fraction of sp³-hybridized carbons (Fsp3) is 0.115. The van der Waals surface area contributed by atoms with E-state index in [1.54, 1.807) is 12.1 Å². The van der Waals surface area contributed by atoms with E-state index in [0.717, 1.165) is 39.0 Å². The van der Waals surface area contributed by atoms with E-state index >= 15 is 0 Å². The van der Waals surface area contributed by atoms with Crippen LogP contribution in [-0.2, 0) is 0 Å². The molecule has 162 valence electrons. The molecular formula is C26H18BrN3O3. The SMILES string of the molecule is O=[N+]([O-])c1ccc([C@@H]2Oc3ccc(Br)cc3[C@@H]3CC(c4ccc5ccccc5c4)=NN32)cc1. The minimum Gasteiger partial charge on any atom is -0.464 e. The number of fused-ring (bicyclic) bond motifs is 4. The van der Waals surface area contributed by atoms with E-state index in [1.807, 2.05) is 29.3 Å². The molecule has 0 fully saturated rings. The highest BCUT2D eigenvalue weighted by molar-refractivity contribution is 9.10. The summed E-state index contributed by atoms with van der Waals surface area (Å²) in [5.41, 5.74) is 4.03. The van der Waals surface area contributed by atoms with Gasteiger partial charge in [-0.3, -0.25) is 10.1 Å². The molecule has 0 saturated carbocycles. The number of hydrogen-bond acceptors (Lipinski definition) is 5. The average molecular weight is 500 g/mol. The second-order valence-electron chi connectivity index (χ2n) is 8.21. The van der Waals surface area contributed by atoms with Crippen molar-refractivity contribution in [2.75, 3.05) is 0 Å². The van der Waals surface area contributed by atoms with Crippen molar-refractivity contribution in [2.45, 2.75) is 18.7 Å². The molecular weight excluding hydrogens is 482 g/mol. The Morgan fingerprint density at radius 2 is 1.76 bits per heavy atom. The Hall–Kier alpha value is -3.71. The Bertz CT molecular complexity index is 1430. The molecule has 33 heavy (non-hydrogen) atoms.